The minimum absolute atomic E-state index is 0.300. The second-order valence-electron chi connectivity index (χ2n) is 4.14. The Kier molecular flexibility index (Phi) is 2.48. The zero-order valence-electron chi connectivity index (χ0n) is 9.56. The van der Waals surface area contributed by atoms with Crippen molar-refractivity contribution in [2.24, 2.45) is 0 Å². The minimum atomic E-state index is -0.340. The molecule has 0 amide bonds. The number of halogens is 1. The molecule has 0 aliphatic carbocycles. The number of nitrogens with two attached hydrogens (primary N) is 1. The van der Waals surface area contributed by atoms with Gasteiger partial charge in [-0.05, 0) is 29.8 Å². The highest BCUT2D eigenvalue weighted by Crippen LogP contribution is 2.23. The van der Waals surface area contributed by atoms with E-state index < -0.39 is 0 Å². The first-order valence-electron chi connectivity index (χ1n) is 5.60. The maximum Gasteiger partial charge on any atom is 0.169 e. The van der Waals surface area contributed by atoms with E-state index in [0.717, 1.165) is 10.9 Å². The SMILES string of the molecule is Nc1cc(Cc2cc3cccc(F)c3o2)ccn1. The van der Waals surface area contributed by atoms with Gasteiger partial charge < -0.3 is 10.2 Å². The van der Waals surface area contributed by atoms with Crippen LogP contribution in [0.4, 0.5) is 10.2 Å². The van der Waals surface area contributed by atoms with E-state index in [1.165, 1.54) is 6.07 Å². The summed E-state index contributed by atoms with van der Waals surface area (Å²) in [4.78, 5) is 3.93. The van der Waals surface area contributed by atoms with Gasteiger partial charge in [0.25, 0.3) is 0 Å². The standard InChI is InChI=1S/C14H11FN2O/c15-12-3-1-2-10-8-11(18-14(10)12)6-9-4-5-17-13(16)7-9/h1-5,7-8H,6H2,(H2,16,17). The van der Waals surface area contributed by atoms with Crippen molar-refractivity contribution in [2.45, 2.75) is 6.42 Å². The van der Waals surface area contributed by atoms with Crippen molar-refractivity contribution in [3.05, 3.63) is 59.7 Å². The summed E-state index contributed by atoms with van der Waals surface area (Å²) in [5, 5.41) is 0.770. The van der Waals surface area contributed by atoms with Gasteiger partial charge in [0.15, 0.2) is 11.4 Å². The van der Waals surface area contributed by atoms with Gasteiger partial charge in [-0.3, -0.25) is 0 Å². The number of aromatic nitrogens is 1. The summed E-state index contributed by atoms with van der Waals surface area (Å²) in [5.41, 5.74) is 6.90. The third kappa shape index (κ3) is 1.93. The molecule has 0 radical (unpaired) electrons. The van der Waals surface area contributed by atoms with E-state index in [9.17, 15) is 4.39 Å². The summed E-state index contributed by atoms with van der Waals surface area (Å²) < 4.78 is 19.0. The molecule has 0 unspecified atom stereocenters. The Morgan fingerprint density at radius 2 is 2.11 bits per heavy atom. The number of hydrogen-bond donors (Lipinski definition) is 1. The molecular weight excluding hydrogens is 231 g/mol. The lowest BCUT2D eigenvalue weighted by Gasteiger charge is -1.98. The van der Waals surface area contributed by atoms with Crippen molar-refractivity contribution in [1.29, 1.82) is 0 Å². The molecule has 0 bridgehead atoms. The van der Waals surface area contributed by atoms with Crippen LogP contribution in [0.5, 0.6) is 0 Å². The maximum atomic E-state index is 13.5. The molecule has 2 N–H and O–H groups in total. The average molecular weight is 242 g/mol. The highest BCUT2D eigenvalue weighted by atomic mass is 19.1. The Hall–Kier alpha value is -2.36. The number of hydrogen-bond acceptors (Lipinski definition) is 3. The van der Waals surface area contributed by atoms with Crippen LogP contribution in [0.1, 0.15) is 11.3 Å². The first-order chi connectivity index (χ1) is 8.72. The van der Waals surface area contributed by atoms with Crippen LogP contribution in [0.3, 0.4) is 0 Å². The minimum Gasteiger partial charge on any atom is -0.458 e. The molecule has 2 aromatic heterocycles. The quantitative estimate of drug-likeness (QED) is 0.751. The number of para-hydroxylation sites is 1. The maximum absolute atomic E-state index is 13.5. The molecule has 18 heavy (non-hydrogen) atoms. The fourth-order valence-electron chi connectivity index (χ4n) is 1.97. The predicted molar refractivity (Wildman–Crippen MR) is 67.6 cm³/mol. The smallest absolute Gasteiger partial charge is 0.169 e. The summed E-state index contributed by atoms with van der Waals surface area (Å²) in [6.07, 6.45) is 2.22. The lowest BCUT2D eigenvalue weighted by molar-refractivity contribution is 0.528. The van der Waals surface area contributed by atoms with Gasteiger partial charge in [0, 0.05) is 18.0 Å². The van der Waals surface area contributed by atoms with Crippen molar-refractivity contribution < 1.29 is 8.81 Å². The Balaban J connectivity index is 1.98. The number of benzene rings is 1. The Labute approximate surface area is 103 Å². The summed E-state index contributed by atoms with van der Waals surface area (Å²) in [7, 11) is 0. The molecule has 0 aliphatic heterocycles. The molecule has 0 atom stereocenters. The van der Waals surface area contributed by atoms with Crippen LogP contribution >= 0.6 is 0 Å². The molecular formula is C14H11FN2O. The van der Waals surface area contributed by atoms with Gasteiger partial charge in [-0.1, -0.05) is 12.1 Å². The highest BCUT2D eigenvalue weighted by molar-refractivity contribution is 5.78. The molecule has 0 fully saturated rings. The highest BCUT2D eigenvalue weighted by Gasteiger charge is 2.08. The first-order valence-corrected chi connectivity index (χ1v) is 5.60. The summed E-state index contributed by atoms with van der Waals surface area (Å²) in [5.74, 6) is 0.837. The molecule has 0 aliphatic rings. The number of fused-ring (bicyclic) bond motifs is 1. The molecule has 1 aromatic carbocycles. The number of anilines is 1. The molecule has 90 valence electrons. The van der Waals surface area contributed by atoms with Crippen LogP contribution in [-0.2, 0) is 6.42 Å². The molecule has 2 heterocycles. The van der Waals surface area contributed by atoms with E-state index in [2.05, 4.69) is 4.98 Å². The summed E-state index contributed by atoms with van der Waals surface area (Å²) in [6, 6.07) is 10.4. The fourth-order valence-corrected chi connectivity index (χ4v) is 1.97. The number of nitrogens with zero attached hydrogens (tertiary/aromatic N) is 1. The van der Waals surface area contributed by atoms with E-state index >= 15 is 0 Å². The van der Waals surface area contributed by atoms with Gasteiger partial charge in [-0.25, -0.2) is 9.37 Å². The number of furan rings is 1. The van der Waals surface area contributed by atoms with Crippen molar-refractivity contribution in [3.8, 4) is 0 Å². The molecule has 3 aromatic rings. The third-order valence-corrected chi connectivity index (χ3v) is 2.77. The van der Waals surface area contributed by atoms with E-state index in [0.29, 0.717) is 23.6 Å². The Morgan fingerprint density at radius 3 is 2.89 bits per heavy atom. The Morgan fingerprint density at radius 1 is 1.22 bits per heavy atom. The van der Waals surface area contributed by atoms with Crippen LogP contribution in [0, 0.1) is 5.82 Å². The van der Waals surface area contributed by atoms with Gasteiger partial charge in [0.05, 0.1) is 0 Å². The fraction of sp³-hybridized carbons (Fsp3) is 0.0714. The second-order valence-corrected chi connectivity index (χ2v) is 4.14. The number of pyridine rings is 1. The molecule has 3 rings (SSSR count). The van der Waals surface area contributed by atoms with E-state index in [1.807, 2.05) is 18.2 Å². The average Bonchev–Trinajstić information content (AvgIpc) is 2.73. The van der Waals surface area contributed by atoms with Crippen LogP contribution in [0.2, 0.25) is 0 Å². The lowest BCUT2D eigenvalue weighted by atomic mass is 10.1. The number of nitrogen functional groups attached to an aromatic ring is 1. The van der Waals surface area contributed by atoms with Gasteiger partial charge in [-0.15, -0.1) is 0 Å². The lowest BCUT2D eigenvalue weighted by Crippen LogP contribution is -1.92. The zero-order valence-corrected chi connectivity index (χ0v) is 9.56. The predicted octanol–water partition coefficient (Wildman–Crippen LogP) is 3.14. The topological polar surface area (TPSA) is 52.0 Å². The van der Waals surface area contributed by atoms with Crippen LogP contribution in [0.15, 0.2) is 47.0 Å². The zero-order chi connectivity index (χ0) is 12.5. The van der Waals surface area contributed by atoms with Gasteiger partial charge >= 0.3 is 0 Å². The van der Waals surface area contributed by atoms with Gasteiger partial charge in [-0.2, -0.15) is 0 Å². The number of rotatable bonds is 2. The monoisotopic (exact) mass is 242 g/mol. The molecule has 0 spiro atoms. The summed E-state index contributed by atoms with van der Waals surface area (Å²) >= 11 is 0. The largest absolute Gasteiger partial charge is 0.458 e. The van der Waals surface area contributed by atoms with Crippen molar-refractivity contribution in [1.82, 2.24) is 4.98 Å². The van der Waals surface area contributed by atoms with E-state index in [4.69, 9.17) is 10.2 Å². The summed E-state index contributed by atoms with van der Waals surface area (Å²) in [6.45, 7) is 0. The van der Waals surface area contributed by atoms with Crippen LogP contribution < -0.4 is 5.73 Å². The molecule has 4 heteroatoms. The van der Waals surface area contributed by atoms with Crippen LogP contribution in [0.25, 0.3) is 11.0 Å². The van der Waals surface area contributed by atoms with Crippen molar-refractivity contribution in [3.63, 3.8) is 0 Å². The molecule has 3 nitrogen and oxygen atoms in total. The van der Waals surface area contributed by atoms with Crippen molar-refractivity contribution in [2.75, 3.05) is 5.73 Å². The Bertz CT molecular complexity index is 706. The van der Waals surface area contributed by atoms with Gasteiger partial charge in [0.1, 0.15) is 11.6 Å². The molecule has 0 saturated carbocycles. The van der Waals surface area contributed by atoms with Gasteiger partial charge in [0.2, 0.25) is 0 Å². The van der Waals surface area contributed by atoms with E-state index in [1.54, 1.807) is 18.3 Å². The third-order valence-electron chi connectivity index (χ3n) is 2.77. The van der Waals surface area contributed by atoms with Crippen molar-refractivity contribution >= 4 is 16.8 Å². The second kappa shape index (κ2) is 4.14. The van der Waals surface area contributed by atoms with E-state index in [-0.39, 0.29) is 5.82 Å². The first kappa shape index (κ1) is 10.8. The van der Waals surface area contributed by atoms with Crippen LogP contribution in [-0.4, -0.2) is 4.98 Å². The molecule has 0 saturated heterocycles. The normalized spacial score (nSPS) is 10.9.